The maximum absolute atomic E-state index is 13.2. The van der Waals surface area contributed by atoms with Gasteiger partial charge in [-0.3, -0.25) is 4.79 Å². The molecular weight excluding hydrogens is 328 g/mol. The Morgan fingerprint density at radius 1 is 0.880 bits per heavy atom. The van der Waals surface area contributed by atoms with Crippen molar-refractivity contribution in [2.45, 2.75) is 17.1 Å². The number of rotatable bonds is 6. The van der Waals surface area contributed by atoms with Gasteiger partial charge in [-0.25, -0.2) is 0 Å². The van der Waals surface area contributed by atoms with E-state index >= 15 is 0 Å². The van der Waals surface area contributed by atoms with E-state index < -0.39 is 0 Å². The van der Waals surface area contributed by atoms with Gasteiger partial charge in [-0.05, 0) is 24.6 Å². The van der Waals surface area contributed by atoms with Crippen LogP contribution in [0, 0.1) is 6.92 Å². The molecule has 3 heteroatoms. The molecular formula is C22H20O2S. The molecule has 3 aromatic carbocycles. The van der Waals surface area contributed by atoms with Crippen LogP contribution in [0.4, 0.5) is 0 Å². The fraction of sp³-hybridized carbons (Fsp3) is 0.136. The summed E-state index contributed by atoms with van der Waals surface area (Å²) in [7, 11) is 1.65. The molecule has 0 aromatic heterocycles. The highest BCUT2D eigenvalue weighted by Crippen LogP contribution is 2.41. The number of aryl methyl sites for hydroxylation is 1. The molecule has 0 amide bonds. The third-order valence-corrected chi connectivity index (χ3v) is 5.30. The van der Waals surface area contributed by atoms with E-state index in [4.69, 9.17) is 4.74 Å². The second kappa shape index (κ2) is 8.04. The maximum atomic E-state index is 13.2. The largest absolute Gasteiger partial charge is 0.496 e. The average molecular weight is 348 g/mol. The van der Waals surface area contributed by atoms with Gasteiger partial charge in [-0.15, -0.1) is 11.8 Å². The fourth-order valence-corrected chi connectivity index (χ4v) is 3.83. The Balaban J connectivity index is 1.98. The number of para-hydroxylation sites is 1. The van der Waals surface area contributed by atoms with Crippen LogP contribution in [0.5, 0.6) is 5.75 Å². The summed E-state index contributed by atoms with van der Waals surface area (Å²) in [5, 5.41) is -0.319. The molecule has 0 aliphatic rings. The molecule has 0 aliphatic carbocycles. The summed E-state index contributed by atoms with van der Waals surface area (Å²) in [5.74, 6) is 0.882. The molecule has 1 atom stereocenters. The monoisotopic (exact) mass is 348 g/mol. The number of ether oxygens (including phenoxy) is 1. The summed E-state index contributed by atoms with van der Waals surface area (Å²) >= 11 is 1.53. The van der Waals surface area contributed by atoms with E-state index in [0.29, 0.717) is 0 Å². The standard InChI is InChI=1S/C22H20O2S/c1-16-12-14-17(15-13-16)21(23)22(18-8-4-3-5-9-18)25-20-11-7-6-10-19(20)24-2/h3-15,22H,1-2H3. The Kier molecular flexibility index (Phi) is 5.56. The molecule has 0 radical (unpaired) electrons. The lowest BCUT2D eigenvalue weighted by atomic mass is 10.0. The zero-order chi connectivity index (χ0) is 17.6. The van der Waals surface area contributed by atoms with Crippen LogP contribution in [-0.2, 0) is 0 Å². The Morgan fingerprint density at radius 2 is 1.52 bits per heavy atom. The predicted molar refractivity (Wildman–Crippen MR) is 104 cm³/mol. The highest BCUT2D eigenvalue weighted by atomic mass is 32.2. The van der Waals surface area contributed by atoms with Gasteiger partial charge >= 0.3 is 0 Å². The predicted octanol–water partition coefficient (Wildman–Crippen LogP) is 5.72. The highest BCUT2D eigenvalue weighted by molar-refractivity contribution is 8.00. The van der Waals surface area contributed by atoms with E-state index in [9.17, 15) is 4.79 Å². The second-order valence-corrected chi connectivity index (χ2v) is 6.94. The van der Waals surface area contributed by atoms with Gasteiger partial charge in [0.25, 0.3) is 0 Å². The number of thioether (sulfide) groups is 1. The van der Waals surface area contributed by atoms with Crippen LogP contribution in [0.15, 0.2) is 83.8 Å². The first kappa shape index (κ1) is 17.3. The molecule has 0 saturated carbocycles. The number of carbonyl (C=O) groups is 1. The van der Waals surface area contributed by atoms with E-state index in [0.717, 1.165) is 27.3 Å². The molecule has 1 unspecified atom stereocenters. The van der Waals surface area contributed by atoms with Crippen LogP contribution in [0.3, 0.4) is 0 Å². The van der Waals surface area contributed by atoms with Crippen LogP contribution >= 0.6 is 11.8 Å². The first-order chi connectivity index (χ1) is 12.2. The van der Waals surface area contributed by atoms with Gasteiger partial charge in [-0.2, -0.15) is 0 Å². The van der Waals surface area contributed by atoms with Crippen LogP contribution < -0.4 is 4.74 Å². The number of carbonyl (C=O) groups excluding carboxylic acids is 1. The first-order valence-corrected chi connectivity index (χ1v) is 9.02. The molecule has 3 rings (SSSR count). The number of ketones is 1. The Morgan fingerprint density at radius 3 is 2.20 bits per heavy atom. The quantitative estimate of drug-likeness (QED) is 0.421. The Labute approximate surface area is 152 Å². The van der Waals surface area contributed by atoms with Gasteiger partial charge in [0.1, 0.15) is 5.75 Å². The van der Waals surface area contributed by atoms with Gasteiger partial charge in [0.15, 0.2) is 5.78 Å². The molecule has 25 heavy (non-hydrogen) atoms. The third kappa shape index (κ3) is 4.12. The number of hydrogen-bond acceptors (Lipinski definition) is 3. The lowest BCUT2D eigenvalue weighted by Crippen LogP contribution is -2.10. The van der Waals surface area contributed by atoms with Crippen molar-refractivity contribution in [3.05, 3.63) is 95.6 Å². The Hall–Kier alpha value is -2.52. The summed E-state index contributed by atoms with van der Waals surface area (Å²) in [4.78, 5) is 14.2. The molecule has 2 nitrogen and oxygen atoms in total. The minimum Gasteiger partial charge on any atom is -0.496 e. The Bertz CT molecular complexity index is 841. The lowest BCUT2D eigenvalue weighted by molar-refractivity contribution is 0.0989. The van der Waals surface area contributed by atoms with Crippen LogP contribution in [0.2, 0.25) is 0 Å². The average Bonchev–Trinajstić information content (AvgIpc) is 2.67. The van der Waals surface area contributed by atoms with Crippen LogP contribution in [-0.4, -0.2) is 12.9 Å². The summed E-state index contributed by atoms with van der Waals surface area (Å²) in [6, 6.07) is 25.4. The molecule has 0 spiro atoms. The molecule has 0 saturated heterocycles. The third-order valence-electron chi connectivity index (χ3n) is 3.99. The maximum Gasteiger partial charge on any atom is 0.180 e. The smallest absolute Gasteiger partial charge is 0.180 e. The molecule has 0 bridgehead atoms. The summed E-state index contributed by atoms with van der Waals surface area (Å²) in [6.45, 7) is 2.02. The van der Waals surface area contributed by atoms with Crippen LogP contribution in [0.25, 0.3) is 0 Å². The molecule has 0 N–H and O–H groups in total. The van der Waals surface area contributed by atoms with Gasteiger partial charge in [-0.1, -0.05) is 72.3 Å². The zero-order valence-electron chi connectivity index (χ0n) is 14.3. The normalized spacial score (nSPS) is 11.8. The minimum atomic E-state index is -0.319. The van der Waals surface area contributed by atoms with Gasteiger partial charge in [0.05, 0.1) is 17.3 Å². The number of Topliss-reactive ketones (excluding diaryl/α,β-unsaturated/α-hetero) is 1. The van der Waals surface area contributed by atoms with Crippen molar-refractivity contribution >= 4 is 17.5 Å². The summed E-state index contributed by atoms with van der Waals surface area (Å²) in [6.07, 6.45) is 0. The van der Waals surface area contributed by atoms with Crippen molar-refractivity contribution in [2.24, 2.45) is 0 Å². The van der Waals surface area contributed by atoms with E-state index in [-0.39, 0.29) is 11.0 Å². The second-order valence-electron chi connectivity index (χ2n) is 5.79. The van der Waals surface area contributed by atoms with Crippen LogP contribution in [0.1, 0.15) is 26.7 Å². The van der Waals surface area contributed by atoms with Crippen molar-refractivity contribution in [2.75, 3.05) is 7.11 Å². The van der Waals surface area contributed by atoms with E-state index in [1.54, 1.807) is 7.11 Å². The number of hydrogen-bond donors (Lipinski definition) is 0. The van der Waals surface area contributed by atoms with Crippen molar-refractivity contribution < 1.29 is 9.53 Å². The molecule has 0 fully saturated rings. The minimum absolute atomic E-state index is 0.0992. The highest BCUT2D eigenvalue weighted by Gasteiger charge is 2.24. The van der Waals surface area contributed by atoms with Crippen molar-refractivity contribution in [3.8, 4) is 5.75 Å². The zero-order valence-corrected chi connectivity index (χ0v) is 15.1. The van der Waals surface area contributed by atoms with Gasteiger partial charge < -0.3 is 4.74 Å². The van der Waals surface area contributed by atoms with E-state index in [2.05, 4.69) is 0 Å². The van der Waals surface area contributed by atoms with Crippen molar-refractivity contribution in [1.29, 1.82) is 0 Å². The SMILES string of the molecule is COc1ccccc1SC(C(=O)c1ccc(C)cc1)c1ccccc1. The van der Waals surface area contributed by atoms with Gasteiger partial charge in [0.2, 0.25) is 0 Å². The molecule has 0 aliphatic heterocycles. The van der Waals surface area contributed by atoms with Crippen molar-refractivity contribution in [3.63, 3.8) is 0 Å². The number of methoxy groups -OCH3 is 1. The molecule has 126 valence electrons. The first-order valence-electron chi connectivity index (χ1n) is 8.14. The van der Waals surface area contributed by atoms with Crippen molar-refractivity contribution in [1.82, 2.24) is 0 Å². The molecule has 3 aromatic rings. The van der Waals surface area contributed by atoms with E-state index in [1.165, 1.54) is 11.8 Å². The lowest BCUT2D eigenvalue weighted by Gasteiger charge is -2.18. The summed E-state index contributed by atoms with van der Waals surface area (Å²) < 4.78 is 5.45. The van der Waals surface area contributed by atoms with Gasteiger partial charge in [0, 0.05) is 5.56 Å². The topological polar surface area (TPSA) is 26.3 Å². The summed E-state index contributed by atoms with van der Waals surface area (Å²) in [5.41, 5.74) is 2.86. The number of benzene rings is 3. The molecule has 0 heterocycles. The van der Waals surface area contributed by atoms with E-state index in [1.807, 2.05) is 85.8 Å². The fourth-order valence-electron chi connectivity index (χ4n) is 2.61.